The van der Waals surface area contributed by atoms with E-state index in [1.807, 2.05) is 6.92 Å². The first-order valence-corrected chi connectivity index (χ1v) is 6.43. The second-order valence-electron chi connectivity index (χ2n) is 5.27. The van der Waals surface area contributed by atoms with Crippen molar-refractivity contribution in [2.24, 2.45) is 17.8 Å². The van der Waals surface area contributed by atoms with Crippen molar-refractivity contribution < 1.29 is 9.90 Å². The Morgan fingerprint density at radius 3 is 3.00 bits per heavy atom. The Morgan fingerprint density at radius 1 is 1.47 bits per heavy atom. The maximum absolute atomic E-state index is 11.8. The number of carbonyl (C=O) groups is 1. The molecule has 15 heavy (non-hydrogen) atoms. The second-order valence-corrected chi connectivity index (χ2v) is 5.27. The molecule has 1 N–H and O–H groups in total. The van der Waals surface area contributed by atoms with Crippen LogP contribution in [0.25, 0.3) is 0 Å². The number of fused-ring (bicyclic) bond motifs is 1. The molecule has 2 nitrogen and oxygen atoms in total. The minimum absolute atomic E-state index is 0.196. The number of rotatable bonds is 4. The van der Waals surface area contributed by atoms with Crippen molar-refractivity contribution in [1.29, 1.82) is 0 Å². The summed E-state index contributed by atoms with van der Waals surface area (Å²) < 4.78 is 0. The summed E-state index contributed by atoms with van der Waals surface area (Å²) in [4.78, 5) is 11.8. The second kappa shape index (κ2) is 4.65. The van der Waals surface area contributed by atoms with E-state index in [-0.39, 0.29) is 6.10 Å². The Kier molecular flexibility index (Phi) is 3.45. The molecule has 2 fully saturated rings. The molecule has 2 aliphatic rings. The normalized spacial score (nSPS) is 36.9. The lowest BCUT2D eigenvalue weighted by Crippen LogP contribution is -2.17. The van der Waals surface area contributed by atoms with Crippen LogP contribution in [0.2, 0.25) is 0 Å². The van der Waals surface area contributed by atoms with E-state index in [1.165, 1.54) is 19.3 Å². The molecule has 0 aromatic heterocycles. The summed E-state index contributed by atoms with van der Waals surface area (Å²) in [6, 6.07) is 0. The minimum atomic E-state index is -0.196. The topological polar surface area (TPSA) is 37.3 Å². The van der Waals surface area contributed by atoms with Crippen LogP contribution in [0.15, 0.2) is 0 Å². The van der Waals surface area contributed by atoms with E-state index in [1.54, 1.807) is 0 Å². The molecule has 2 rings (SSSR count). The number of hydrogen-bond donors (Lipinski definition) is 1. The van der Waals surface area contributed by atoms with Crippen molar-refractivity contribution >= 4 is 5.78 Å². The lowest BCUT2D eigenvalue weighted by atomic mass is 9.87. The standard InChI is InChI=1S/C13H22O2/c1-2-10(14)6-7-12-11-5-3-4-9(11)8-13(12)15/h9-12,14H,2-8H2,1H3. The summed E-state index contributed by atoms with van der Waals surface area (Å²) in [6.45, 7) is 2.00. The molecule has 0 aromatic rings. The highest BCUT2D eigenvalue weighted by Gasteiger charge is 2.43. The third-order valence-corrected chi connectivity index (χ3v) is 4.39. The summed E-state index contributed by atoms with van der Waals surface area (Å²) in [7, 11) is 0. The van der Waals surface area contributed by atoms with Gasteiger partial charge in [-0.2, -0.15) is 0 Å². The van der Waals surface area contributed by atoms with Gasteiger partial charge in [0.15, 0.2) is 0 Å². The van der Waals surface area contributed by atoms with Gasteiger partial charge in [0.25, 0.3) is 0 Å². The molecule has 0 heterocycles. The highest BCUT2D eigenvalue weighted by atomic mass is 16.3. The van der Waals surface area contributed by atoms with Crippen molar-refractivity contribution in [1.82, 2.24) is 0 Å². The lowest BCUT2D eigenvalue weighted by molar-refractivity contribution is -0.121. The summed E-state index contributed by atoms with van der Waals surface area (Å²) in [6.07, 6.45) is 7.03. The SMILES string of the molecule is CCC(O)CCC1C(=O)CC2CCCC21. The van der Waals surface area contributed by atoms with Crippen LogP contribution in [0, 0.1) is 17.8 Å². The molecule has 2 heteroatoms. The predicted molar refractivity (Wildman–Crippen MR) is 59.5 cm³/mol. The molecule has 4 atom stereocenters. The summed E-state index contributed by atoms with van der Waals surface area (Å²) >= 11 is 0. The van der Waals surface area contributed by atoms with Crippen LogP contribution in [0.1, 0.15) is 51.9 Å². The lowest BCUT2D eigenvalue weighted by Gasteiger charge is -2.18. The Labute approximate surface area is 92.1 Å². The zero-order chi connectivity index (χ0) is 10.8. The zero-order valence-electron chi connectivity index (χ0n) is 9.61. The first-order valence-electron chi connectivity index (χ1n) is 6.43. The molecule has 86 valence electrons. The van der Waals surface area contributed by atoms with Crippen LogP contribution >= 0.6 is 0 Å². The van der Waals surface area contributed by atoms with E-state index in [0.29, 0.717) is 23.5 Å². The van der Waals surface area contributed by atoms with Crippen molar-refractivity contribution in [2.45, 2.75) is 58.0 Å². The van der Waals surface area contributed by atoms with Gasteiger partial charge in [0, 0.05) is 12.3 Å². The Morgan fingerprint density at radius 2 is 2.27 bits per heavy atom. The van der Waals surface area contributed by atoms with Crippen molar-refractivity contribution in [2.75, 3.05) is 0 Å². The molecule has 2 saturated carbocycles. The van der Waals surface area contributed by atoms with Gasteiger partial charge in [0.1, 0.15) is 5.78 Å². The van der Waals surface area contributed by atoms with Gasteiger partial charge in [-0.3, -0.25) is 4.79 Å². The van der Waals surface area contributed by atoms with E-state index in [0.717, 1.165) is 25.7 Å². The average Bonchev–Trinajstić information content (AvgIpc) is 2.75. The number of carbonyl (C=O) groups excluding carboxylic acids is 1. The van der Waals surface area contributed by atoms with Gasteiger partial charge >= 0.3 is 0 Å². The Bertz CT molecular complexity index is 237. The van der Waals surface area contributed by atoms with Gasteiger partial charge < -0.3 is 5.11 Å². The summed E-state index contributed by atoms with van der Waals surface area (Å²) in [5.41, 5.74) is 0. The largest absolute Gasteiger partial charge is 0.393 e. The molecule has 0 aliphatic heterocycles. The molecule has 0 spiro atoms. The third-order valence-electron chi connectivity index (χ3n) is 4.39. The van der Waals surface area contributed by atoms with E-state index < -0.39 is 0 Å². The van der Waals surface area contributed by atoms with E-state index >= 15 is 0 Å². The Balaban J connectivity index is 1.87. The highest BCUT2D eigenvalue weighted by Crippen LogP contribution is 2.47. The van der Waals surface area contributed by atoms with Crippen LogP contribution in [0.3, 0.4) is 0 Å². The quantitative estimate of drug-likeness (QED) is 0.774. The molecular formula is C13H22O2. The van der Waals surface area contributed by atoms with E-state index in [4.69, 9.17) is 0 Å². The molecule has 0 radical (unpaired) electrons. The van der Waals surface area contributed by atoms with Crippen molar-refractivity contribution in [3.05, 3.63) is 0 Å². The molecule has 0 saturated heterocycles. The van der Waals surface area contributed by atoms with Gasteiger partial charge in [-0.15, -0.1) is 0 Å². The Hall–Kier alpha value is -0.370. The third kappa shape index (κ3) is 2.25. The van der Waals surface area contributed by atoms with Gasteiger partial charge in [0.2, 0.25) is 0 Å². The van der Waals surface area contributed by atoms with Gasteiger partial charge in [0.05, 0.1) is 6.10 Å². The van der Waals surface area contributed by atoms with Crippen molar-refractivity contribution in [3.8, 4) is 0 Å². The fourth-order valence-electron chi connectivity index (χ4n) is 3.45. The van der Waals surface area contributed by atoms with Gasteiger partial charge in [-0.05, 0) is 43.9 Å². The average molecular weight is 210 g/mol. The summed E-state index contributed by atoms with van der Waals surface area (Å²) in [5, 5.41) is 9.53. The highest BCUT2D eigenvalue weighted by molar-refractivity contribution is 5.84. The van der Waals surface area contributed by atoms with Crippen LogP contribution in [0.4, 0.5) is 0 Å². The van der Waals surface area contributed by atoms with Crippen LogP contribution < -0.4 is 0 Å². The molecule has 0 aromatic carbocycles. The molecular weight excluding hydrogens is 188 g/mol. The maximum Gasteiger partial charge on any atom is 0.136 e. The first-order chi connectivity index (χ1) is 7.22. The zero-order valence-corrected chi connectivity index (χ0v) is 9.61. The maximum atomic E-state index is 11.8. The number of hydrogen-bond acceptors (Lipinski definition) is 2. The van der Waals surface area contributed by atoms with E-state index in [2.05, 4.69) is 0 Å². The molecule has 0 amide bonds. The fourth-order valence-corrected chi connectivity index (χ4v) is 3.45. The smallest absolute Gasteiger partial charge is 0.136 e. The van der Waals surface area contributed by atoms with Crippen LogP contribution in [-0.2, 0) is 4.79 Å². The molecule has 2 aliphatic carbocycles. The molecule has 0 bridgehead atoms. The van der Waals surface area contributed by atoms with E-state index in [9.17, 15) is 9.90 Å². The molecule has 4 unspecified atom stereocenters. The van der Waals surface area contributed by atoms with Crippen LogP contribution in [0.5, 0.6) is 0 Å². The number of aliphatic hydroxyl groups excluding tert-OH is 1. The summed E-state index contributed by atoms with van der Waals surface area (Å²) in [5.74, 6) is 2.13. The minimum Gasteiger partial charge on any atom is -0.393 e. The van der Waals surface area contributed by atoms with Crippen molar-refractivity contribution in [3.63, 3.8) is 0 Å². The van der Waals surface area contributed by atoms with Crippen LogP contribution in [-0.4, -0.2) is 17.0 Å². The first kappa shape index (κ1) is 11.1. The monoisotopic (exact) mass is 210 g/mol. The van der Waals surface area contributed by atoms with Gasteiger partial charge in [-0.25, -0.2) is 0 Å². The fraction of sp³-hybridized carbons (Fsp3) is 0.923. The number of aliphatic hydroxyl groups is 1. The number of Topliss-reactive ketones (excluding diaryl/α,β-unsaturated/α-hetero) is 1. The predicted octanol–water partition coefficient (Wildman–Crippen LogP) is 2.54. The number of ketones is 1. The van der Waals surface area contributed by atoms with Gasteiger partial charge in [-0.1, -0.05) is 13.3 Å².